The van der Waals surface area contributed by atoms with Crippen LogP contribution in [0.15, 0.2) is 58.1 Å². The zero-order valence-corrected chi connectivity index (χ0v) is 18.2. The van der Waals surface area contributed by atoms with Crippen molar-refractivity contribution < 1.29 is 13.6 Å². The molecule has 3 aromatic rings. The molecule has 0 aliphatic heterocycles. The lowest BCUT2D eigenvalue weighted by atomic mass is 9.98. The lowest BCUT2D eigenvalue weighted by Gasteiger charge is -2.22. The first-order chi connectivity index (χ1) is 14.2. The molecule has 0 radical (unpaired) electrons. The molecule has 1 unspecified atom stereocenters. The molecule has 0 saturated carbocycles. The van der Waals surface area contributed by atoms with Crippen molar-refractivity contribution in [2.75, 3.05) is 7.05 Å². The lowest BCUT2D eigenvalue weighted by molar-refractivity contribution is 0.0961. The van der Waals surface area contributed by atoms with Crippen LogP contribution in [-0.2, 0) is 0 Å². The molecule has 3 rings (SSSR count). The summed E-state index contributed by atoms with van der Waals surface area (Å²) in [5.41, 5.74) is 1.06. The Morgan fingerprint density at radius 3 is 2.57 bits per heavy atom. The average molecular weight is 476 g/mol. The maximum atomic E-state index is 13.2. The number of benzene rings is 1. The Morgan fingerprint density at radius 2 is 1.97 bits per heavy atom. The number of hydrogen-bond donors (Lipinski definition) is 1. The highest BCUT2D eigenvalue weighted by Gasteiger charge is 2.22. The summed E-state index contributed by atoms with van der Waals surface area (Å²) in [7, 11) is 1.43. The summed E-state index contributed by atoms with van der Waals surface area (Å²) in [4.78, 5) is 29.9. The van der Waals surface area contributed by atoms with E-state index in [1.807, 2.05) is 19.1 Å². The number of nitrogens with one attached hydrogen (secondary N) is 1. The monoisotopic (exact) mass is 475 g/mol. The number of nitrogens with zero attached hydrogens (tertiary/aromatic N) is 2. The van der Waals surface area contributed by atoms with E-state index in [4.69, 9.17) is 0 Å². The molecule has 0 bridgehead atoms. The van der Waals surface area contributed by atoms with Crippen molar-refractivity contribution in [2.45, 2.75) is 26.3 Å². The quantitative estimate of drug-likeness (QED) is 0.571. The Bertz CT molecular complexity index is 1140. The van der Waals surface area contributed by atoms with Gasteiger partial charge in [-0.05, 0) is 53.5 Å². The minimum atomic E-state index is -2.67. The summed E-state index contributed by atoms with van der Waals surface area (Å²) in [6.07, 6.45) is 0.488. The van der Waals surface area contributed by atoms with Gasteiger partial charge in [-0.25, -0.2) is 8.78 Å². The van der Waals surface area contributed by atoms with Gasteiger partial charge >= 0.3 is 0 Å². The lowest BCUT2D eigenvalue weighted by Crippen LogP contribution is -2.29. The Labute approximate surface area is 180 Å². The number of carbonyl (C=O) groups is 1. The number of halogens is 3. The third-order valence-electron chi connectivity index (χ3n) is 4.98. The molecule has 1 amide bonds. The zero-order valence-electron chi connectivity index (χ0n) is 16.6. The predicted octanol–water partition coefficient (Wildman–Crippen LogP) is 4.89. The van der Waals surface area contributed by atoms with Gasteiger partial charge < -0.3 is 9.88 Å². The van der Waals surface area contributed by atoms with Gasteiger partial charge in [0, 0.05) is 40.7 Å². The highest BCUT2D eigenvalue weighted by atomic mass is 79.9. The standard InChI is InChI=1S/C22H20BrF2N3O2/c1-12(18-8-7-16(23)10-27-18)28-11-17(22(30)26-3)20(29)19(13(28)2)14-5-4-6-15(9-14)21(24)25/h4-12,21H,1-3H3,(H,26,30). The summed E-state index contributed by atoms with van der Waals surface area (Å²) in [6.45, 7) is 3.62. The number of alkyl halides is 2. The van der Waals surface area contributed by atoms with E-state index in [1.54, 1.807) is 23.8 Å². The van der Waals surface area contributed by atoms with Gasteiger partial charge in [-0.3, -0.25) is 14.6 Å². The van der Waals surface area contributed by atoms with E-state index in [9.17, 15) is 18.4 Å². The van der Waals surface area contributed by atoms with Crippen LogP contribution in [0.1, 0.15) is 46.7 Å². The summed E-state index contributed by atoms with van der Waals surface area (Å²) < 4.78 is 29.1. The van der Waals surface area contributed by atoms with Crippen LogP contribution in [0.4, 0.5) is 8.78 Å². The van der Waals surface area contributed by atoms with Gasteiger partial charge in [0.05, 0.1) is 11.7 Å². The zero-order chi connectivity index (χ0) is 22.0. The number of pyridine rings is 2. The van der Waals surface area contributed by atoms with Gasteiger partial charge in [0.25, 0.3) is 12.3 Å². The summed E-state index contributed by atoms with van der Waals surface area (Å²) >= 11 is 3.35. The molecule has 0 spiro atoms. The predicted molar refractivity (Wildman–Crippen MR) is 115 cm³/mol. The molecule has 0 fully saturated rings. The van der Waals surface area contributed by atoms with Gasteiger partial charge in [0.1, 0.15) is 5.56 Å². The van der Waals surface area contributed by atoms with E-state index >= 15 is 0 Å². The normalized spacial score (nSPS) is 12.1. The number of hydrogen-bond acceptors (Lipinski definition) is 3. The molecule has 2 heterocycles. The third kappa shape index (κ3) is 4.18. The summed E-state index contributed by atoms with van der Waals surface area (Å²) in [5.74, 6) is -0.545. The van der Waals surface area contributed by atoms with E-state index < -0.39 is 17.8 Å². The van der Waals surface area contributed by atoms with Crippen LogP contribution in [0.2, 0.25) is 0 Å². The Hall–Kier alpha value is -2.87. The number of aromatic nitrogens is 2. The number of rotatable bonds is 5. The van der Waals surface area contributed by atoms with Gasteiger partial charge in [0.15, 0.2) is 0 Å². The first kappa shape index (κ1) is 21.8. The molecule has 1 N–H and O–H groups in total. The van der Waals surface area contributed by atoms with Gasteiger partial charge in [-0.15, -0.1) is 0 Å². The van der Waals surface area contributed by atoms with Crippen LogP contribution in [-0.4, -0.2) is 22.5 Å². The molecule has 0 aliphatic carbocycles. The van der Waals surface area contributed by atoms with Crippen molar-refractivity contribution in [3.63, 3.8) is 0 Å². The molecule has 30 heavy (non-hydrogen) atoms. The topological polar surface area (TPSA) is 64.0 Å². The molecule has 8 heteroatoms. The van der Waals surface area contributed by atoms with Crippen molar-refractivity contribution in [1.29, 1.82) is 0 Å². The van der Waals surface area contributed by atoms with Crippen LogP contribution in [0.5, 0.6) is 0 Å². The second-order valence-electron chi connectivity index (χ2n) is 6.82. The molecular formula is C22H20BrF2N3O2. The van der Waals surface area contributed by atoms with Crippen molar-refractivity contribution in [3.8, 4) is 11.1 Å². The highest BCUT2D eigenvalue weighted by molar-refractivity contribution is 9.10. The van der Waals surface area contributed by atoms with Crippen LogP contribution >= 0.6 is 15.9 Å². The molecule has 156 valence electrons. The van der Waals surface area contributed by atoms with E-state index in [0.717, 1.165) is 10.2 Å². The molecule has 1 atom stereocenters. The van der Waals surface area contributed by atoms with E-state index in [0.29, 0.717) is 11.3 Å². The Morgan fingerprint density at radius 1 is 1.23 bits per heavy atom. The van der Waals surface area contributed by atoms with E-state index in [2.05, 4.69) is 26.2 Å². The second kappa shape index (κ2) is 8.87. The molecular weight excluding hydrogens is 456 g/mol. The fraction of sp³-hybridized carbons (Fsp3) is 0.227. The Kier molecular flexibility index (Phi) is 6.45. The maximum Gasteiger partial charge on any atom is 0.263 e. The minimum absolute atomic E-state index is 0.0653. The minimum Gasteiger partial charge on any atom is -0.355 e. The van der Waals surface area contributed by atoms with Crippen molar-refractivity contribution in [1.82, 2.24) is 14.9 Å². The molecule has 0 aliphatic rings. The number of carbonyl (C=O) groups excluding carboxylic acids is 1. The largest absolute Gasteiger partial charge is 0.355 e. The molecule has 0 saturated heterocycles. The summed E-state index contributed by atoms with van der Waals surface area (Å²) in [5, 5.41) is 2.47. The van der Waals surface area contributed by atoms with E-state index in [1.165, 1.54) is 31.4 Å². The first-order valence-corrected chi connectivity index (χ1v) is 10.0. The fourth-order valence-corrected chi connectivity index (χ4v) is 3.60. The fourth-order valence-electron chi connectivity index (χ4n) is 3.37. The van der Waals surface area contributed by atoms with E-state index in [-0.39, 0.29) is 22.7 Å². The van der Waals surface area contributed by atoms with Gasteiger partial charge in [-0.2, -0.15) is 0 Å². The van der Waals surface area contributed by atoms with Crippen LogP contribution < -0.4 is 10.7 Å². The summed E-state index contributed by atoms with van der Waals surface area (Å²) in [6, 6.07) is 9.04. The number of amides is 1. The van der Waals surface area contributed by atoms with Crippen molar-refractivity contribution in [2.24, 2.45) is 0 Å². The molecule has 1 aromatic carbocycles. The SMILES string of the molecule is CNC(=O)c1cn(C(C)c2ccc(Br)cn2)c(C)c(-c2cccc(C(F)F)c2)c1=O. The Balaban J connectivity index is 2.28. The van der Waals surface area contributed by atoms with Crippen LogP contribution in [0.25, 0.3) is 11.1 Å². The van der Waals surface area contributed by atoms with Gasteiger partial charge in [0.2, 0.25) is 5.43 Å². The van der Waals surface area contributed by atoms with Crippen LogP contribution in [0, 0.1) is 6.92 Å². The van der Waals surface area contributed by atoms with Crippen LogP contribution in [0.3, 0.4) is 0 Å². The van der Waals surface area contributed by atoms with Crippen molar-refractivity contribution >= 4 is 21.8 Å². The smallest absolute Gasteiger partial charge is 0.263 e. The highest BCUT2D eigenvalue weighted by Crippen LogP contribution is 2.29. The maximum absolute atomic E-state index is 13.2. The second-order valence-corrected chi connectivity index (χ2v) is 7.74. The first-order valence-electron chi connectivity index (χ1n) is 9.22. The molecule has 2 aromatic heterocycles. The average Bonchev–Trinajstić information content (AvgIpc) is 2.73. The van der Waals surface area contributed by atoms with Gasteiger partial charge in [-0.1, -0.05) is 18.2 Å². The molecule has 5 nitrogen and oxygen atoms in total. The third-order valence-corrected chi connectivity index (χ3v) is 5.45. The van der Waals surface area contributed by atoms with Crippen molar-refractivity contribution in [3.05, 3.63) is 86.0 Å².